The maximum atomic E-state index is 12.8. The molecule has 24 heavy (non-hydrogen) atoms. The molecule has 0 spiro atoms. The van der Waals surface area contributed by atoms with Crippen molar-refractivity contribution in [1.82, 2.24) is 0 Å². The Morgan fingerprint density at radius 3 is 2.71 bits per heavy atom. The fraction of sp³-hybridized carbons (Fsp3) is 0. The summed E-state index contributed by atoms with van der Waals surface area (Å²) in [7, 11) is 0. The molecule has 1 aromatic carbocycles. The zero-order valence-electron chi connectivity index (χ0n) is 12.2. The van der Waals surface area contributed by atoms with Crippen molar-refractivity contribution in [1.29, 1.82) is 5.26 Å². The highest BCUT2D eigenvalue weighted by Crippen LogP contribution is 2.41. The van der Waals surface area contributed by atoms with E-state index in [-0.39, 0.29) is 11.5 Å². The molecule has 4 rings (SSSR count). The van der Waals surface area contributed by atoms with E-state index < -0.39 is 0 Å². The van der Waals surface area contributed by atoms with E-state index in [1.54, 1.807) is 46.9 Å². The minimum atomic E-state index is -0.131. The lowest BCUT2D eigenvalue weighted by atomic mass is 10.0. The van der Waals surface area contributed by atoms with Crippen LogP contribution in [0.2, 0.25) is 0 Å². The maximum absolute atomic E-state index is 12.8. The van der Waals surface area contributed by atoms with Crippen molar-refractivity contribution in [3.05, 3.63) is 80.5 Å². The van der Waals surface area contributed by atoms with E-state index in [1.165, 1.54) is 9.40 Å². The molecular weight excluding hydrogens is 336 g/mol. The normalized spacial score (nSPS) is 16.9. The summed E-state index contributed by atoms with van der Waals surface area (Å²) in [5.74, 6) is -0.131. The van der Waals surface area contributed by atoms with Gasteiger partial charge in [0, 0.05) is 31.0 Å². The summed E-state index contributed by atoms with van der Waals surface area (Å²) in [5.41, 5.74) is 2.05. The van der Waals surface area contributed by atoms with Gasteiger partial charge < -0.3 is 0 Å². The molecule has 1 aliphatic carbocycles. The third-order valence-corrected chi connectivity index (χ3v) is 5.89. The van der Waals surface area contributed by atoms with E-state index in [2.05, 4.69) is 10.9 Å². The molecule has 0 N–H and O–H groups in total. The second-order valence-electron chi connectivity index (χ2n) is 5.18. The molecule has 1 aliphatic rings. The van der Waals surface area contributed by atoms with Crippen molar-refractivity contribution in [2.75, 3.05) is 0 Å². The Labute approximate surface area is 146 Å². The van der Waals surface area contributed by atoms with Crippen LogP contribution in [0.1, 0.15) is 20.8 Å². The molecule has 5 heteroatoms. The summed E-state index contributed by atoms with van der Waals surface area (Å²) < 4.78 is 2.34. The van der Waals surface area contributed by atoms with Crippen molar-refractivity contribution in [3.8, 4) is 6.07 Å². The van der Waals surface area contributed by atoms with Crippen molar-refractivity contribution in [2.45, 2.75) is 0 Å². The van der Waals surface area contributed by atoms with Crippen LogP contribution in [0.5, 0.6) is 0 Å². The molecule has 0 unspecified atom stereocenters. The summed E-state index contributed by atoms with van der Waals surface area (Å²) >= 11 is 3.25. The van der Waals surface area contributed by atoms with Gasteiger partial charge in [-0.2, -0.15) is 0 Å². The molecule has 0 amide bonds. The first-order valence-electron chi connectivity index (χ1n) is 7.08. The van der Waals surface area contributed by atoms with E-state index in [0.717, 1.165) is 4.88 Å². The number of thiophene rings is 2. The number of hydrogen-bond donors (Lipinski definition) is 0. The first-order valence-corrected chi connectivity index (χ1v) is 8.77. The van der Waals surface area contributed by atoms with Crippen LogP contribution >= 0.6 is 22.7 Å². The molecular formula is C19H8N2OS2. The minimum Gasteiger partial charge on any atom is -0.289 e. The predicted octanol–water partition coefficient (Wildman–Crippen LogP) is 5.40. The first-order chi connectivity index (χ1) is 11.7. The summed E-state index contributed by atoms with van der Waals surface area (Å²) in [4.78, 5) is 17.1. The summed E-state index contributed by atoms with van der Waals surface area (Å²) in [6, 6.07) is 13.2. The van der Waals surface area contributed by atoms with Gasteiger partial charge in [-0.3, -0.25) is 4.79 Å². The number of ketones is 1. The van der Waals surface area contributed by atoms with E-state index in [9.17, 15) is 10.1 Å². The Kier molecular flexibility index (Phi) is 3.39. The van der Waals surface area contributed by atoms with Gasteiger partial charge in [0.25, 0.3) is 5.70 Å². The first kappa shape index (κ1) is 14.6. The van der Waals surface area contributed by atoms with Crippen LogP contribution < -0.4 is 0 Å². The SMILES string of the molecule is [C-]#[N+]/C(C#N)=C1/C(=C/c2cc3sccc3s2)C(=O)c2ccccc21. The Hall–Kier alpha value is -2.99. The van der Waals surface area contributed by atoms with Crippen LogP contribution in [-0.2, 0) is 0 Å². The summed E-state index contributed by atoms with van der Waals surface area (Å²) in [6.07, 6.45) is 1.80. The lowest BCUT2D eigenvalue weighted by molar-refractivity contribution is 0.104. The van der Waals surface area contributed by atoms with Crippen molar-refractivity contribution >= 4 is 49.5 Å². The quantitative estimate of drug-likeness (QED) is 0.337. The van der Waals surface area contributed by atoms with Crippen molar-refractivity contribution in [2.24, 2.45) is 0 Å². The number of allylic oxidation sites excluding steroid dienone is 3. The highest BCUT2D eigenvalue weighted by Gasteiger charge is 2.32. The van der Waals surface area contributed by atoms with Gasteiger partial charge in [0.2, 0.25) is 0 Å². The van der Waals surface area contributed by atoms with Gasteiger partial charge in [-0.25, -0.2) is 10.1 Å². The average Bonchev–Trinajstić information content (AvgIpc) is 3.25. The number of nitriles is 1. The zero-order chi connectivity index (χ0) is 16.7. The second-order valence-corrected chi connectivity index (χ2v) is 7.24. The van der Waals surface area contributed by atoms with Crippen LogP contribution in [0.15, 0.2) is 53.0 Å². The number of rotatable bonds is 1. The Balaban J connectivity index is 1.97. The van der Waals surface area contributed by atoms with Crippen LogP contribution in [0.4, 0.5) is 0 Å². The second kappa shape index (κ2) is 5.58. The average molecular weight is 344 g/mol. The third-order valence-electron chi connectivity index (χ3n) is 3.85. The summed E-state index contributed by atoms with van der Waals surface area (Å²) in [6.45, 7) is 7.28. The molecule has 2 aromatic heterocycles. The fourth-order valence-electron chi connectivity index (χ4n) is 2.83. The van der Waals surface area contributed by atoms with E-state index in [1.807, 2.05) is 23.6 Å². The standard InChI is InChI=1S/C19H8N2OS2/c1-21-15(10-20)18-12-4-2-3-5-13(12)19(22)14(18)8-11-9-17-16(24-11)6-7-23-17/h2-9H/b14-8-,18-15+. The van der Waals surface area contributed by atoms with Gasteiger partial charge in [-0.15, -0.1) is 22.7 Å². The molecule has 3 nitrogen and oxygen atoms in total. The Bertz CT molecular complexity index is 1100. The van der Waals surface area contributed by atoms with Gasteiger partial charge in [0.15, 0.2) is 5.78 Å². The number of hydrogen-bond acceptors (Lipinski definition) is 4. The maximum Gasteiger partial charge on any atom is 0.270 e. The van der Waals surface area contributed by atoms with Crippen LogP contribution in [-0.4, -0.2) is 5.78 Å². The van der Waals surface area contributed by atoms with Gasteiger partial charge in [-0.1, -0.05) is 24.3 Å². The van der Waals surface area contributed by atoms with Crippen molar-refractivity contribution < 1.29 is 4.79 Å². The third kappa shape index (κ3) is 2.11. The fourth-order valence-corrected chi connectivity index (χ4v) is 4.89. The van der Waals surface area contributed by atoms with Crippen LogP contribution in [0, 0.1) is 17.9 Å². The number of nitrogens with zero attached hydrogens (tertiary/aromatic N) is 2. The van der Waals surface area contributed by atoms with Crippen molar-refractivity contribution in [3.63, 3.8) is 0 Å². The molecule has 2 heterocycles. The topological polar surface area (TPSA) is 45.2 Å². The van der Waals surface area contributed by atoms with Crippen LogP contribution in [0.3, 0.4) is 0 Å². The number of Topliss-reactive ketones (excluding diaryl/α,β-unsaturated/α-hetero) is 1. The molecule has 112 valence electrons. The number of fused-ring (bicyclic) bond motifs is 2. The highest BCUT2D eigenvalue weighted by molar-refractivity contribution is 7.27. The molecule has 0 bridgehead atoms. The Morgan fingerprint density at radius 2 is 2.00 bits per heavy atom. The van der Waals surface area contributed by atoms with Gasteiger partial charge in [-0.05, 0) is 29.2 Å². The Morgan fingerprint density at radius 1 is 1.21 bits per heavy atom. The highest BCUT2D eigenvalue weighted by atomic mass is 32.1. The summed E-state index contributed by atoms with van der Waals surface area (Å²) in [5, 5.41) is 11.3. The lowest BCUT2D eigenvalue weighted by Crippen LogP contribution is -1.95. The largest absolute Gasteiger partial charge is 0.289 e. The molecule has 0 saturated heterocycles. The minimum absolute atomic E-state index is 0.0436. The molecule has 0 aliphatic heterocycles. The molecule has 0 atom stereocenters. The van der Waals surface area contributed by atoms with Gasteiger partial charge in [0.05, 0.1) is 12.6 Å². The monoisotopic (exact) mass is 344 g/mol. The lowest BCUT2D eigenvalue weighted by Gasteiger charge is -2.01. The van der Waals surface area contributed by atoms with Crippen LogP contribution in [0.25, 0.3) is 25.9 Å². The van der Waals surface area contributed by atoms with E-state index in [4.69, 9.17) is 6.57 Å². The molecule has 0 radical (unpaired) electrons. The number of carbonyl (C=O) groups excluding carboxylic acids is 1. The number of carbonyl (C=O) groups is 1. The predicted molar refractivity (Wildman–Crippen MR) is 97.6 cm³/mol. The smallest absolute Gasteiger partial charge is 0.270 e. The van der Waals surface area contributed by atoms with Gasteiger partial charge >= 0.3 is 0 Å². The molecule has 3 aromatic rings. The molecule has 0 fully saturated rings. The zero-order valence-corrected chi connectivity index (χ0v) is 13.9. The molecule has 0 saturated carbocycles. The van der Waals surface area contributed by atoms with E-state index in [0.29, 0.717) is 22.3 Å². The van der Waals surface area contributed by atoms with Gasteiger partial charge in [0.1, 0.15) is 0 Å². The van der Waals surface area contributed by atoms with E-state index >= 15 is 0 Å². The number of benzene rings is 1.